The van der Waals surface area contributed by atoms with Crippen LogP contribution in [0.25, 0.3) is 5.76 Å². The summed E-state index contributed by atoms with van der Waals surface area (Å²) >= 11 is 0. The average molecular weight is 383 g/mol. The van der Waals surface area contributed by atoms with Crippen LogP contribution >= 0.6 is 0 Å². The lowest BCUT2D eigenvalue weighted by Gasteiger charge is -2.18. The Morgan fingerprint density at radius 1 is 0.821 bits per heavy atom. The molecule has 28 heavy (non-hydrogen) atoms. The summed E-state index contributed by atoms with van der Waals surface area (Å²) in [4.78, 5) is 24.9. The molecule has 0 saturated carbocycles. The van der Waals surface area contributed by atoms with Gasteiger partial charge in [0.25, 0.3) is 0 Å². The highest BCUT2D eigenvalue weighted by atomic mass is 16.3. The Morgan fingerprint density at radius 2 is 1.39 bits per heavy atom. The van der Waals surface area contributed by atoms with E-state index < -0.39 is 5.92 Å². The fourth-order valence-corrected chi connectivity index (χ4v) is 3.74. The van der Waals surface area contributed by atoms with E-state index in [0.29, 0.717) is 12.0 Å². The van der Waals surface area contributed by atoms with Gasteiger partial charge in [0.1, 0.15) is 5.76 Å². The minimum Gasteiger partial charge on any atom is -0.507 e. The van der Waals surface area contributed by atoms with Crippen molar-refractivity contribution in [3.63, 3.8) is 0 Å². The molecule has 0 heterocycles. The first-order chi connectivity index (χ1) is 13.6. The first-order valence-corrected chi connectivity index (χ1v) is 10.9. The number of aliphatic hydroxyl groups is 1. The average Bonchev–Trinajstić information content (AvgIpc) is 2.71. The number of unbranched alkanes of at least 4 members (excludes halogenated alkanes) is 9. The minimum absolute atomic E-state index is 0.0394. The van der Waals surface area contributed by atoms with E-state index in [-0.39, 0.29) is 22.9 Å². The number of benzene rings is 1. The van der Waals surface area contributed by atoms with Crippen LogP contribution in [0.3, 0.4) is 0 Å². The summed E-state index contributed by atoms with van der Waals surface area (Å²) in [5.74, 6) is -1.06. The molecular weight excluding hydrogens is 348 g/mol. The summed E-state index contributed by atoms with van der Waals surface area (Å²) in [7, 11) is 0. The lowest BCUT2D eigenvalue weighted by atomic mass is 9.83. The third kappa shape index (κ3) is 6.78. The largest absolute Gasteiger partial charge is 0.507 e. The molecule has 2 rings (SSSR count). The highest BCUT2D eigenvalue weighted by Gasteiger charge is 2.31. The zero-order valence-electron chi connectivity index (χ0n) is 17.2. The molecule has 0 aliphatic heterocycles. The Morgan fingerprint density at radius 3 is 2.00 bits per heavy atom. The van der Waals surface area contributed by atoms with Crippen molar-refractivity contribution in [1.29, 1.82) is 0 Å². The highest BCUT2D eigenvalue weighted by molar-refractivity contribution is 6.20. The van der Waals surface area contributed by atoms with Gasteiger partial charge in [-0.1, -0.05) is 101 Å². The van der Waals surface area contributed by atoms with Gasteiger partial charge in [-0.05, 0) is 18.6 Å². The number of Topliss-reactive ketones (excluding diaryl/α,β-unsaturated/α-hetero) is 1. The molecule has 1 aliphatic rings. The fraction of sp³-hybridized carbons (Fsp3) is 0.520. The van der Waals surface area contributed by atoms with Crippen molar-refractivity contribution < 1.29 is 14.7 Å². The molecule has 1 aliphatic carbocycles. The van der Waals surface area contributed by atoms with Gasteiger partial charge in [0.2, 0.25) is 0 Å². The van der Waals surface area contributed by atoms with Crippen LogP contribution in [-0.2, 0) is 9.59 Å². The molecule has 3 heteroatoms. The normalized spacial score (nSPS) is 18.5. The molecule has 0 saturated heterocycles. The van der Waals surface area contributed by atoms with E-state index in [0.717, 1.165) is 19.3 Å². The van der Waals surface area contributed by atoms with Crippen LogP contribution in [0, 0.1) is 5.92 Å². The zero-order valence-corrected chi connectivity index (χ0v) is 17.2. The molecule has 0 fully saturated rings. The van der Waals surface area contributed by atoms with Crippen LogP contribution in [0.4, 0.5) is 0 Å². The Hall–Kier alpha value is -2.16. The van der Waals surface area contributed by atoms with Crippen molar-refractivity contribution in [3.05, 3.63) is 53.6 Å². The van der Waals surface area contributed by atoms with Crippen LogP contribution in [0.2, 0.25) is 0 Å². The second-order valence-electron chi connectivity index (χ2n) is 7.75. The maximum absolute atomic E-state index is 12.8. The molecule has 0 amide bonds. The van der Waals surface area contributed by atoms with Crippen molar-refractivity contribution in [2.24, 2.45) is 5.92 Å². The summed E-state index contributed by atoms with van der Waals surface area (Å²) in [6.45, 7) is 2.24. The SMILES string of the molecule is CCCCCCCCCCCCC1C(=O)C=CC(=C(O)c2ccccc2)C1=O. The molecular formula is C25H34O3. The maximum Gasteiger partial charge on any atom is 0.177 e. The van der Waals surface area contributed by atoms with E-state index in [1.807, 2.05) is 18.2 Å². The van der Waals surface area contributed by atoms with Gasteiger partial charge >= 0.3 is 0 Å². The van der Waals surface area contributed by atoms with Gasteiger partial charge in [-0.25, -0.2) is 0 Å². The lowest BCUT2D eigenvalue weighted by molar-refractivity contribution is -0.128. The highest BCUT2D eigenvalue weighted by Crippen LogP contribution is 2.27. The van der Waals surface area contributed by atoms with Crippen LogP contribution in [0.1, 0.15) is 83.1 Å². The number of ketones is 2. The number of carbonyl (C=O) groups excluding carboxylic acids is 2. The third-order valence-corrected chi connectivity index (χ3v) is 5.49. The third-order valence-electron chi connectivity index (χ3n) is 5.49. The molecule has 0 radical (unpaired) electrons. The van der Waals surface area contributed by atoms with Crippen LogP contribution < -0.4 is 0 Å². The van der Waals surface area contributed by atoms with Gasteiger partial charge < -0.3 is 5.11 Å². The summed E-state index contributed by atoms with van der Waals surface area (Å²) in [6.07, 6.45) is 15.7. The summed E-state index contributed by atoms with van der Waals surface area (Å²) in [5.41, 5.74) is 0.852. The molecule has 3 nitrogen and oxygen atoms in total. The quantitative estimate of drug-likeness (QED) is 0.192. The monoisotopic (exact) mass is 382 g/mol. The molecule has 0 bridgehead atoms. The van der Waals surface area contributed by atoms with E-state index in [2.05, 4.69) is 6.92 Å². The molecule has 152 valence electrons. The number of allylic oxidation sites excluding steroid dienone is 3. The second kappa shape index (κ2) is 12.3. The summed E-state index contributed by atoms with van der Waals surface area (Å²) < 4.78 is 0. The van der Waals surface area contributed by atoms with E-state index in [1.165, 1.54) is 57.1 Å². The zero-order chi connectivity index (χ0) is 20.2. The summed E-state index contributed by atoms with van der Waals surface area (Å²) in [5, 5.41) is 10.5. The van der Waals surface area contributed by atoms with Gasteiger partial charge in [0.05, 0.1) is 11.5 Å². The fourth-order valence-electron chi connectivity index (χ4n) is 3.74. The van der Waals surface area contributed by atoms with Crippen molar-refractivity contribution in [1.82, 2.24) is 0 Å². The topological polar surface area (TPSA) is 54.4 Å². The molecule has 1 N–H and O–H groups in total. The molecule has 1 unspecified atom stereocenters. The van der Waals surface area contributed by atoms with Gasteiger partial charge in [-0.15, -0.1) is 0 Å². The van der Waals surface area contributed by atoms with Crippen molar-refractivity contribution >= 4 is 17.3 Å². The Balaban J connectivity index is 1.77. The first kappa shape index (κ1) is 22.1. The van der Waals surface area contributed by atoms with Gasteiger partial charge in [0.15, 0.2) is 11.6 Å². The van der Waals surface area contributed by atoms with Crippen LogP contribution in [0.5, 0.6) is 0 Å². The molecule has 0 spiro atoms. The standard InChI is InChI=1S/C25H34O3/c1-2-3-4-5-6-7-8-9-10-14-17-21-23(26)19-18-22(25(21)28)24(27)20-15-12-11-13-16-20/h11-13,15-16,18-19,21,27H,2-10,14,17H2,1H3. The van der Waals surface area contributed by atoms with E-state index in [9.17, 15) is 14.7 Å². The number of hydrogen-bond acceptors (Lipinski definition) is 3. The van der Waals surface area contributed by atoms with Crippen LogP contribution in [0.15, 0.2) is 48.1 Å². The van der Waals surface area contributed by atoms with Crippen molar-refractivity contribution in [2.75, 3.05) is 0 Å². The maximum atomic E-state index is 12.8. The Bertz CT molecular complexity index is 685. The van der Waals surface area contributed by atoms with E-state index in [4.69, 9.17) is 0 Å². The van der Waals surface area contributed by atoms with Crippen molar-refractivity contribution in [3.8, 4) is 0 Å². The number of carbonyl (C=O) groups is 2. The molecule has 0 aromatic heterocycles. The first-order valence-electron chi connectivity index (χ1n) is 10.9. The second-order valence-corrected chi connectivity index (χ2v) is 7.75. The molecule has 1 atom stereocenters. The van der Waals surface area contributed by atoms with Gasteiger partial charge in [-0.2, -0.15) is 0 Å². The number of aliphatic hydroxyl groups excluding tert-OH is 1. The lowest BCUT2D eigenvalue weighted by Crippen LogP contribution is -2.27. The van der Waals surface area contributed by atoms with E-state index >= 15 is 0 Å². The predicted octanol–water partition coefficient (Wildman–Crippen LogP) is 6.59. The predicted molar refractivity (Wildman–Crippen MR) is 115 cm³/mol. The van der Waals surface area contributed by atoms with Crippen LogP contribution in [-0.4, -0.2) is 16.7 Å². The number of hydrogen-bond donors (Lipinski definition) is 1. The smallest absolute Gasteiger partial charge is 0.177 e. The minimum atomic E-state index is -0.639. The van der Waals surface area contributed by atoms with E-state index in [1.54, 1.807) is 12.1 Å². The summed E-state index contributed by atoms with van der Waals surface area (Å²) in [6, 6.07) is 9.01. The Labute approximate surface area is 169 Å². The Kier molecular flexibility index (Phi) is 9.74. The van der Waals surface area contributed by atoms with Gasteiger partial charge in [-0.3, -0.25) is 9.59 Å². The molecule has 1 aromatic carbocycles. The molecule has 1 aromatic rings. The van der Waals surface area contributed by atoms with Crippen molar-refractivity contribution in [2.45, 2.75) is 77.6 Å². The van der Waals surface area contributed by atoms with Gasteiger partial charge in [0, 0.05) is 5.56 Å². The number of rotatable bonds is 12.